The van der Waals surface area contributed by atoms with Crippen LogP contribution in [0, 0.1) is 6.92 Å². The van der Waals surface area contributed by atoms with Crippen LogP contribution in [-0.2, 0) is 6.61 Å². The highest BCUT2D eigenvalue weighted by molar-refractivity contribution is 5.45. The minimum absolute atomic E-state index is 0.0651. The van der Waals surface area contributed by atoms with Gasteiger partial charge < -0.3 is 14.6 Å². The zero-order valence-electron chi connectivity index (χ0n) is 11.3. The van der Waals surface area contributed by atoms with Gasteiger partial charge in [0.2, 0.25) is 11.8 Å². The van der Waals surface area contributed by atoms with Crippen LogP contribution >= 0.6 is 0 Å². The summed E-state index contributed by atoms with van der Waals surface area (Å²) in [5.41, 5.74) is 3.86. The standard InChI is InChI=1S/C13H16N4O3/c1-8-6-15-13(17-14)16-12(8)20-10-4-3-9(7-18)5-11(10)19-2/h3-6,18H,7,14H2,1-2H3,(H,15,16,17). The number of nitrogens with one attached hydrogen (secondary N) is 1. The Morgan fingerprint density at radius 2 is 2.15 bits per heavy atom. The Morgan fingerprint density at radius 1 is 1.35 bits per heavy atom. The third-order valence-electron chi connectivity index (χ3n) is 2.67. The molecule has 7 heteroatoms. The number of hydrogen-bond donors (Lipinski definition) is 3. The number of hydrazine groups is 1. The first-order valence-corrected chi connectivity index (χ1v) is 5.93. The summed E-state index contributed by atoms with van der Waals surface area (Å²) >= 11 is 0. The molecule has 2 aromatic rings. The normalized spacial score (nSPS) is 10.2. The number of nitrogen functional groups attached to an aromatic ring is 1. The first kappa shape index (κ1) is 14.0. The molecule has 0 radical (unpaired) electrons. The maximum Gasteiger partial charge on any atom is 0.240 e. The number of anilines is 1. The van der Waals surface area contributed by atoms with Crippen molar-refractivity contribution >= 4 is 5.95 Å². The highest BCUT2D eigenvalue weighted by Gasteiger charge is 2.10. The molecule has 1 aromatic carbocycles. The number of aromatic nitrogens is 2. The lowest BCUT2D eigenvalue weighted by Gasteiger charge is -2.12. The van der Waals surface area contributed by atoms with E-state index in [0.717, 1.165) is 11.1 Å². The Kier molecular flexibility index (Phi) is 4.34. The van der Waals surface area contributed by atoms with Crippen molar-refractivity contribution in [2.45, 2.75) is 13.5 Å². The number of aliphatic hydroxyl groups excluding tert-OH is 1. The lowest BCUT2D eigenvalue weighted by atomic mass is 10.2. The molecule has 1 heterocycles. The molecule has 20 heavy (non-hydrogen) atoms. The van der Waals surface area contributed by atoms with E-state index in [9.17, 15) is 0 Å². The van der Waals surface area contributed by atoms with Gasteiger partial charge in [-0.25, -0.2) is 10.8 Å². The van der Waals surface area contributed by atoms with E-state index in [0.29, 0.717) is 17.4 Å². The van der Waals surface area contributed by atoms with E-state index in [1.54, 1.807) is 24.4 Å². The molecule has 7 nitrogen and oxygen atoms in total. The van der Waals surface area contributed by atoms with Crippen molar-refractivity contribution in [1.82, 2.24) is 9.97 Å². The second-order valence-corrected chi connectivity index (χ2v) is 4.07. The van der Waals surface area contributed by atoms with Crippen molar-refractivity contribution in [3.8, 4) is 17.4 Å². The van der Waals surface area contributed by atoms with Gasteiger partial charge in [0.15, 0.2) is 11.5 Å². The van der Waals surface area contributed by atoms with E-state index in [1.807, 2.05) is 6.92 Å². The van der Waals surface area contributed by atoms with Gasteiger partial charge >= 0.3 is 0 Å². The van der Waals surface area contributed by atoms with Crippen molar-refractivity contribution in [3.63, 3.8) is 0 Å². The fraction of sp³-hybridized carbons (Fsp3) is 0.231. The van der Waals surface area contributed by atoms with Gasteiger partial charge in [-0.05, 0) is 24.6 Å². The average Bonchev–Trinajstić information content (AvgIpc) is 2.49. The van der Waals surface area contributed by atoms with Gasteiger partial charge in [-0.1, -0.05) is 6.07 Å². The summed E-state index contributed by atoms with van der Waals surface area (Å²) in [6, 6.07) is 5.16. The minimum atomic E-state index is -0.0651. The number of benzene rings is 1. The topological polar surface area (TPSA) is 103 Å². The maximum absolute atomic E-state index is 9.11. The Balaban J connectivity index is 2.34. The van der Waals surface area contributed by atoms with Crippen LogP contribution in [0.3, 0.4) is 0 Å². The van der Waals surface area contributed by atoms with Gasteiger partial charge in [0, 0.05) is 11.8 Å². The van der Waals surface area contributed by atoms with Crippen LogP contribution in [-0.4, -0.2) is 22.2 Å². The third kappa shape index (κ3) is 2.95. The largest absolute Gasteiger partial charge is 0.493 e. The predicted molar refractivity (Wildman–Crippen MR) is 73.6 cm³/mol. The highest BCUT2D eigenvalue weighted by atomic mass is 16.5. The lowest BCUT2D eigenvalue weighted by Crippen LogP contribution is -2.11. The van der Waals surface area contributed by atoms with Gasteiger partial charge in [-0.15, -0.1) is 0 Å². The number of aryl methyl sites for hydroxylation is 1. The van der Waals surface area contributed by atoms with E-state index < -0.39 is 0 Å². The summed E-state index contributed by atoms with van der Waals surface area (Å²) in [7, 11) is 1.53. The summed E-state index contributed by atoms with van der Waals surface area (Å²) in [6.45, 7) is 1.76. The summed E-state index contributed by atoms with van der Waals surface area (Å²) < 4.78 is 11.0. The summed E-state index contributed by atoms with van der Waals surface area (Å²) in [5.74, 6) is 6.92. The number of rotatable bonds is 5. The fourth-order valence-corrected chi connectivity index (χ4v) is 1.60. The number of methoxy groups -OCH3 is 1. The van der Waals surface area contributed by atoms with Crippen molar-refractivity contribution in [3.05, 3.63) is 35.5 Å². The molecule has 0 amide bonds. The zero-order valence-corrected chi connectivity index (χ0v) is 11.3. The molecule has 0 fully saturated rings. The maximum atomic E-state index is 9.11. The molecule has 0 saturated heterocycles. The van der Waals surface area contributed by atoms with E-state index in [4.69, 9.17) is 20.4 Å². The van der Waals surface area contributed by atoms with Crippen molar-refractivity contribution in [2.24, 2.45) is 5.84 Å². The summed E-state index contributed by atoms with van der Waals surface area (Å²) in [5, 5.41) is 9.11. The van der Waals surface area contributed by atoms with Crippen molar-refractivity contribution < 1.29 is 14.6 Å². The van der Waals surface area contributed by atoms with Gasteiger partial charge in [0.25, 0.3) is 0 Å². The molecule has 4 N–H and O–H groups in total. The van der Waals surface area contributed by atoms with Gasteiger partial charge in [0.05, 0.1) is 13.7 Å². The molecule has 0 unspecified atom stereocenters. The van der Waals surface area contributed by atoms with Gasteiger partial charge in [-0.2, -0.15) is 4.98 Å². The van der Waals surface area contributed by atoms with Crippen molar-refractivity contribution in [1.29, 1.82) is 0 Å². The average molecular weight is 276 g/mol. The number of hydrogen-bond acceptors (Lipinski definition) is 7. The Labute approximate surface area is 116 Å². The molecular formula is C13H16N4O3. The Morgan fingerprint density at radius 3 is 2.80 bits per heavy atom. The third-order valence-corrected chi connectivity index (χ3v) is 2.67. The molecular weight excluding hydrogens is 260 g/mol. The van der Waals surface area contributed by atoms with Crippen LogP contribution in [0.1, 0.15) is 11.1 Å². The van der Waals surface area contributed by atoms with E-state index in [-0.39, 0.29) is 12.6 Å². The molecule has 0 bridgehead atoms. The number of nitrogens with two attached hydrogens (primary N) is 1. The molecule has 0 atom stereocenters. The quantitative estimate of drug-likeness (QED) is 0.559. The molecule has 0 spiro atoms. The van der Waals surface area contributed by atoms with E-state index in [2.05, 4.69) is 15.4 Å². The molecule has 2 rings (SSSR count). The molecule has 106 valence electrons. The highest BCUT2D eigenvalue weighted by Crippen LogP contribution is 2.32. The number of aliphatic hydroxyl groups is 1. The smallest absolute Gasteiger partial charge is 0.240 e. The van der Waals surface area contributed by atoms with Crippen molar-refractivity contribution in [2.75, 3.05) is 12.5 Å². The SMILES string of the molecule is COc1cc(CO)ccc1Oc1nc(NN)ncc1C. The summed E-state index contributed by atoms with van der Waals surface area (Å²) in [6.07, 6.45) is 1.60. The minimum Gasteiger partial charge on any atom is -0.493 e. The molecule has 0 aliphatic rings. The number of nitrogens with zero attached hydrogens (tertiary/aromatic N) is 2. The van der Waals surface area contributed by atoms with Gasteiger partial charge in [0.1, 0.15) is 0 Å². The Bertz CT molecular complexity index is 604. The van der Waals surface area contributed by atoms with Crippen LogP contribution in [0.4, 0.5) is 5.95 Å². The van der Waals surface area contributed by atoms with E-state index in [1.165, 1.54) is 7.11 Å². The van der Waals surface area contributed by atoms with Crippen LogP contribution in [0.15, 0.2) is 24.4 Å². The van der Waals surface area contributed by atoms with Crippen LogP contribution in [0.25, 0.3) is 0 Å². The molecule has 0 saturated carbocycles. The van der Waals surface area contributed by atoms with Crippen LogP contribution < -0.4 is 20.7 Å². The molecule has 0 aliphatic carbocycles. The van der Waals surface area contributed by atoms with Crippen LogP contribution in [0.5, 0.6) is 17.4 Å². The zero-order chi connectivity index (χ0) is 14.5. The number of ether oxygens (including phenoxy) is 2. The monoisotopic (exact) mass is 276 g/mol. The first-order valence-electron chi connectivity index (χ1n) is 5.93. The molecule has 1 aromatic heterocycles. The van der Waals surface area contributed by atoms with E-state index >= 15 is 0 Å². The summed E-state index contributed by atoms with van der Waals surface area (Å²) in [4.78, 5) is 8.11. The predicted octanol–water partition coefficient (Wildman–Crippen LogP) is 1.36. The second-order valence-electron chi connectivity index (χ2n) is 4.07. The Hall–Kier alpha value is -2.38. The van der Waals surface area contributed by atoms with Crippen LogP contribution in [0.2, 0.25) is 0 Å². The lowest BCUT2D eigenvalue weighted by molar-refractivity contribution is 0.280. The first-order chi connectivity index (χ1) is 9.67. The fourth-order valence-electron chi connectivity index (χ4n) is 1.60. The molecule has 0 aliphatic heterocycles. The second kappa shape index (κ2) is 6.18. The van der Waals surface area contributed by atoms with Gasteiger partial charge in [-0.3, -0.25) is 5.43 Å².